The minimum absolute atomic E-state index is 0.0410. The molecule has 3 aliphatic rings. The highest BCUT2D eigenvalue weighted by molar-refractivity contribution is 7.93. The lowest BCUT2D eigenvalue weighted by Crippen LogP contribution is -2.70. The highest BCUT2D eigenvalue weighted by Crippen LogP contribution is 2.48. The minimum Gasteiger partial charge on any atom is -0.349 e. The second kappa shape index (κ2) is 5.44. The summed E-state index contributed by atoms with van der Waals surface area (Å²) in [6.07, 6.45) is 2.99. The van der Waals surface area contributed by atoms with Gasteiger partial charge in [0.25, 0.3) is 0 Å². The van der Waals surface area contributed by atoms with Gasteiger partial charge in [0.15, 0.2) is 9.84 Å². The number of hydrogen-bond donors (Lipinski definition) is 0. The van der Waals surface area contributed by atoms with Crippen LogP contribution in [0.1, 0.15) is 39.5 Å². The van der Waals surface area contributed by atoms with Gasteiger partial charge in [-0.1, -0.05) is 13.8 Å². The van der Waals surface area contributed by atoms with E-state index in [-0.39, 0.29) is 30.7 Å². The third kappa shape index (κ3) is 2.65. The lowest BCUT2D eigenvalue weighted by molar-refractivity contribution is -0.145. The molecule has 0 aromatic carbocycles. The first kappa shape index (κ1) is 17.7. The molecule has 3 fully saturated rings. The summed E-state index contributed by atoms with van der Waals surface area (Å²) < 4.78 is 24.0. The molecule has 1 saturated carbocycles. The fraction of sp³-hybridized carbons (Fsp3) is 0.882. The van der Waals surface area contributed by atoms with Gasteiger partial charge in [-0.05, 0) is 30.6 Å². The molecule has 6 nitrogen and oxygen atoms in total. The van der Waals surface area contributed by atoms with Crippen LogP contribution in [0.5, 0.6) is 0 Å². The molecule has 2 saturated heterocycles. The molecule has 1 atom stereocenters. The Balaban J connectivity index is 1.65. The van der Waals surface area contributed by atoms with Crippen molar-refractivity contribution in [1.29, 1.82) is 0 Å². The van der Waals surface area contributed by atoms with Crippen molar-refractivity contribution in [3.8, 4) is 0 Å². The van der Waals surface area contributed by atoms with E-state index in [1.165, 1.54) is 4.90 Å². The standard InChI is InChI=1S/C17H28N2O4S/c1-16(2)8-12(9-16)7-14(20)19-10-17(11-19)13(15(21)18(3)4)5-6-24(17,22)23/h12-13H,5-11H2,1-4H3. The zero-order chi connectivity index (χ0) is 17.9. The summed E-state index contributed by atoms with van der Waals surface area (Å²) in [5, 5.41) is 0. The molecule has 0 N–H and O–H groups in total. The minimum atomic E-state index is -3.32. The Labute approximate surface area is 144 Å². The van der Waals surface area contributed by atoms with Gasteiger partial charge in [0.2, 0.25) is 11.8 Å². The summed E-state index contributed by atoms with van der Waals surface area (Å²) in [6.45, 7) is 4.79. The molecule has 2 aliphatic heterocycles. The van der Waals surface area contributed by atoms with E-state index in [1.807, 2.05) is 0 Å². The fourth-order valence-corrected chi connectivity index (χ4v) is 7.14. The van der Waals surface area contributed by atoms with Crippen molar-refractivity contribution in [2.45, 2.75) is 44.3 Å². The van der Waals surface area contributed by atoms with E-state index in [4.69, 9.17) is 0 Å². The van der Waals surface area contributed by atoms with Crippen LogP contribution in [0.4, 0.5) is 0 Å². The van der Waals surface area contributed by atoms with Crippen molar-refractivity contribution < 1.29 is 18.0 Å². The van der Waals surface area contributed by atoms with Crippen LogP contribution in [0.3, 0.4) is 0 Å². The van der Waals surface area contributed by atoms with Crippen LogP contribution in [0.15, 0.2) is 0 Å². The average molecular weight is 356 g/mol. The third-order valence-corrected chi connectivity index (χ3v) is 8.64. The van der Waals surface area contributed by atoms with E-state index in [0.717, 1.165) is 12.8 Å². The number of nitrogens with zero attached hydrogens (tertiary/aromatic N) is 2. The second-order valence-corrected chi connectivity index (χ2v) is 11.3. The quantitative estimate of drug-likeness (QED) is 0.753. The fourth-order valence-electron chi connectivity index (χ4n) is 4.83. The monoisotopic (exact) mass is 356 g/mol. The van der Waals surface area contributed by atoms with E-state index in [1.54, 1.807) is 19.0 Å². The van der Waals surface area contributed by atoms with E-state index in [0.29, 0.717) is 24.2 Å². The van der Waals surface area contributed by atoms with Crippen LogP contribution >= 0.6 is 0 Å². The van der Waals surface area contributed by atoms with Crippen LogP contribution in [0, 0.1) is 17.3 Å². The highest BCUT2D eigenvalue weighted by Gasteiger charge is 2.64. The Hall–Kier alpha value is -1.11. The number of rotatable bonds is 3. The maximum absolute atomic E-state index is 12.5. The summed E-state index contributed by atoms with van der Waals surface area (Å²) in [4.78, 5) is 27.9. The lowest BCUT2D eigenvalue weighted by atomic mass is 9.63. The molecule has 136 valence electrons. The number of amides is 2. The van der Waals surface area contributed by atoms with Gasteiger partial charge in [0.1, 0.15) is 4.75 Å². The molecule has 24 heavy (non-hydrogen) atoms. The zero-order valence-electron chi connectivity index (χ0n) is 15.0. The van der Waals surface area contributed by atoms with Gasteiger partial charge < -0.3 is 9.80 Å². The Bertz CT molecular complexity index is 654. The number of carbonyl (C=O) groups is 2. The van der Waals surface area contributed by atoms with Crippen LogP contribution in [0.25, 0.3) is 0 Å². The Kier molecular flexibility index (Phi) is 4.02. The molecule has 7 heteroatoms. The molecule has 0 bridgehead atoms. The molecule has 1 unspecified atom stereocenters. The predicted molar refractivity (Wildman–Crippen MR) is 91.0 cm³/mol. The van der Waals surface area contributed by atoms with Gasteiger partial charge in [-0.3, -0.25) is 9.59 Å². The summed E-state index contributed by atoms with van der Waals surface area (Å²) in [7, 11) is -0.0167. The maximum Gasteiger partial charge on any atom is 0.226 e. The van der Waals surface area contributed by atoms with E-state index in [2.05, 4.69) is 13.8 Å². The molecule has 1 aliphatic carbocycles. The van der Waals surface area contributed by atoms with Gasteiger partial charge >= 0.3 is 0 Å². The van der Waals surface area contributed by atoms with Crippen LogP contribution in [-0.4, -0.2) is 67.7 Å². The summed E-state index contributed by atoms with van der Waals surface area (Å²) in [5.74, 6) is -0.133. The molecule has 0 radical (unpaired) electrons. The zero-order valence-corrected chi connectivity index (χ0v) is 15.9. The van der Waals surface area contributed by atoms with Gasteiger partial charge in [-0.2, -0.15) is 0 Å². The van der Waals surface area contributed by atoms with E-state index in [9.17, 15) is 18.0 Å². The molecule has 0 aromatic heterocycles. The highest BCUT2D eigenvalue weighted by atomic mass is 32.2. The molecule has 2 heterocycles. The molecule has 0 aromatic rings. The van der Waals surface area contributed by atoms with Crippen molar-refractivity contribution in [2.24, 2.45) is 17.3 Å². The first-order chi connectivity index (χ1) is 11.0. The Morgan fingerprint density at radius 3 is 2.25 bits per heavy atom. The first-order valence-electron chi connectivity index (χ1n) is 8.69. The van der Waals surface area contributed by atoms with Gasteiger partial charge in [0, 0.05) is 33.6 Å². The molecular formula is C17H28N2O4S. The third-order valence-electron chi connectivity index (χ3n) is 6.08. The lowest BCUT2D eigenvalue weighted by Gasteiger charge is -2.51. The smallest absolute Gasteiger partial charge is 0.226 e. The van der Waals surface area contributed by atoms with Crippen LogP contribution in [-0.2, 0) is 19.4 Å². The topological polar surface area (TPSA) is 74.8 Å². The first-order valence-corrected chi connectivity index (χ1v) is 10.3. The van der Waals surface area contributed by atoms with Gasteiger partial charge in [-0.25, -0.2) is 8.42 Å². The van der Waals surface area contributed by atoms with Crippen LogP contribution < -0.4 is 0 Å². The Morgan fingerprint density at radius 2 is 1.75 bits per heavy atom. The summed E-state index contributed by atoms with van der Waals surface area (Å²) >= 11 is 0. The normalized spacial score (nSPS) is 29.8. The van der Waals surface area contributed by atoms with Crippen molar-refractivity contribution in [3.63, 3.8) is 0 Å². The van der Waals surface area contributed by atoms with E-state index >= 15 is 0 Å². The predicted octanol–water partition coefficient (Wildman–Crippen LogP) is 0.917. The second-order valence-electron chi connectivity index (χ2n) is 8.85. The summed E-state index contributed by atoms with van der Waals surface area (Å²) in [6, 6.07) is 0. The summed E-state index contributed by atoms with van der Waals surface area (Å²) in [5.41, 5.74) is 0.332. The largest absolute Gasteiger partial charge is 0.349 e. The number of likely N-dealkylation sites (tertiary alicyclic amines) is 1. The van der Waals surface area contributed by atoms with Crippen molar-refractivity contribution >= 4 is 21.7 Å². The molecule has 1 spiro atoms. The molecular weight excluding hydrogens is 328 g/mol. The van der Waals surface area contributed by atoms with Crippen molar-refractivity contribution in [2.75, 3.05) is 32.9 Å². The number of hydrogen-bond acceptors (Lipinski definition) is 4. The molecule has 3 rings (SSSR count). The van der Waals surface area contributed by atoms with E-state index < -0.39 is 20.5 Å². The average Bonchev–Trinajstić information content (AvgIpc) is 2.64. The van der Waals surface area contributed by atoms with Gasteiger partial charge in [-0.15, -0.1) is 0 Å². The van der Waals surface area contributed by atoms with Crippen molar-refractivity contribution in [3.05, 3.63) is 0 Å². The number of carbonyl (C=O) groups excluding carboxylic acids is 2. The van der Waals surface area contributed by atoms with Crippen LogP contribution in [0.2, 0.25) is 0 Å². The SMILES string of the molecule is CN(C)C(=O)C1CCS(=O)(=O)C12CN(C(=O)CC1CC(C)(C)C1)C2. The Morgan fingerprint density at radius 1 is 1.17 bits per heavy atom. The maximum atomic E-state index is 12.5. The van der Waals surface area contributed by atoms with Crippen molar-refractivity contribution in [1.82, 2.24) is 9.80 Å². The molecule has 2 amide bonds. The van der Waals surface area contributed by atoms with Gasteiger partial charge in [0.05, 0.1) is 11.7 Å². The number of sulfone groups is 1.